The van der Waals surface area contributed by atoms with Crippen LogP contribution < -0.4 is 5.32 Å². The van der Waals surface area contributed by atoms with Crippen LogP contribution in [-0.2, 0) is 6.54 Å². The van der Waals surface area contributed by atoms with E-state index in [-0.39, 0.29) is 11.7 Å². The molecular weight excluding hydrogens is 403 g/mol. The molecule has 32 heavy (non-hydrogen) atoms. The summed E-state index contributed by atoms with van der Waals surface area (Å²) in [6.07, 6.45) is 5.49. The quantitative estimate of drug-likeness (QED) is 0.376. The Morgan fingerprint density at radius 1 is 1.06 bits per heavy atom. The largest absolute Gasteiger partial charge is 0.350 e. The first kappa shape index (κ1) is 19.8. The van der Waals surface area contributed by atoms with Crippen LogP contribution in [0.5, 0.6) is 0 Å². The molecule has 2 heterocycles. The maximum absolute atomic E-state index is 14.1. The number of carbonyl (C=O) groups excluding carboxylic acids is 1. The molecule has 3 aromatic carbocycles. The number of amides is 1. The average molecular weight is 424 g/mol. The second-order valence-corrected chi connectivity index (χ2v) is 7.80. The molecule has 158 valence electrons. The van der Waals surface area contributed by atoms with Crippen molar-refractivity contribution in [2.75, 3.05) is 5.32 Å². The molecule has 5 aromatic rings. The number of aromatic nitrogens is 3. The van der Waals surface area contributed by atoms with E-state index >= 15 is 0 Å². The van der Waals surface area contributed by atoms with E-state index in [4.69, 9.17) is 0 Å². The van der Waals surface area contributed by atoms with E-state index < -0.39 is 0 Å². The number of hydrogen-bond donors (Lipinski definition) is 2. The molecule has 0 aliphatic heterocycles. The Kier molecular flexibility index (Phi) is 5.03. The van der Waals surface area contributed by atoms with Crippen molar-refractivity contribution in [3.8, 4) is 11.1 Å². The van der Waals surface area contributed by atoms with E-state index in [1.807, 2.05) is 42.0 Å². The number of halogens is 1. The van der Waals surface area contributed by atoms with Gasteiger partial charge in [-0.05, 0) is 53.4 Å². The lowest BCUT2D eigenvalue weighted by Gasteiger charge is -2.08. The molecular formula is C26H21FN4O. The van der Waals surface area contributed by atoms with Gasteiger partial charge in [0.1, 0.15) is 11.5 Å². The number of aromatic amines is 1. The molecule has 0 unspecified atom stereocenters. The summed E-state index contributed by atoms with van der Waals surface area (Å²) in [5.41, 5.74) is 5.75. The van der Waals surface area contributed by atoms with Gasteiger partial charge < -0.3 is 14.9 Å². The molecule has 1 amide bonds. The van der Waals surface area contributed by atoms with Crippen LogP contribution in [0.1, 0.15) is 21.6 Å². The van der Waals surface area contributed by atoms with E-state index in [0.717, 1.165) is 23.2 Å². The Bertz CT molecular complexity index is 1360. The first-order chi connectivity index (χ1) is 15.6. The Hall–Kier alpha value is -4.19. The first-order valence-corrected chi connectivity index (χ1v) is 10.3. The number of hydrogen-bond acceptors (Lipinski definition) is 2. The van der Waals surface area contributed by atoms with E-state index in [0.29, 0.717) is 22.3 Å². The van der Waals surface area contributed by atoms with Gasteiger partial charge in [0.2, 0.25) is 0 Å². The molecule has 2 aromatic heterocycles. The molecule has 0 saturated heterocycles. The van der Waals surface area contributed by atoms with Crippen molar-refractivity contribution in [3.05, 3.63) is 108 Å². The van der Waals surface area contributed by atoms with E-state index in [1.54, 1.807) is 24.7 Å². The van der Waals surface area contributed by atoms with Crippen molar-refractivity contribution in [2.24, 2.45) is 0 Å². The molecule has 0 spiro atoms. The molecule has 0 fully saturated rings. The Morgan fingerprint density at radius 3 is 2.66 bits per heavy atom. The lowest BCUT2D eigenvalue weighted by Crippen LogP contribution is -2.12. The number of aryl methyl sites for hydroxylation is 1. The summed E-state index contributed by atoms with van der Waals surface area (Å²) in [6.45, 7) is 2.64. The van der Waals surface area contributed by atoms with Crippen LogP contribution >= 0.6 is 0 Å². The van der Waals surface area contributed by atoms with Gasteiger partial charge in [-0.2, -0.15) is 0 Å². The first-order valence-electron chi connectivity index (χ1n) is 10.3. The average Bonchev–Trinajstić information content (AvgIpc) is 3.48. The summed E-state index contributed by atoms with van der Waals surface area (Å²) in [4.78, 5) is 19.9. The molecule has 0 bridgehead atoms. The molecule has 5 nitrogen and oxygen atoms in total. The normalized spacial score (nSPS) is 11.1. The number of H-pyrrole nitrogens is 1. The fourth-order valence-electron chi connectivity index (χ4n) is 3.82. The van der Waals surface area contributed by atoms with Crippen molar-refractivity contribution < 1.29 is 9.18 Å². The van der Waals surface area contributed by atoms with Gasteiger partial charge in [0.15, 0.2) is 0 Å². The summed E-state index contributed by atoms with van der Waals surface area (Å²) in [5, 5.41) is 3.32. The predicted octanol–water partition coefficient (Wildman–Crippen LogP) is 5.78. The minimum absolute atomic E-state index is 0.312. The van der Waals surface area contributed by atoms with Crippen molar-refractivity contribution in [1.82, 2.24) is 14.5 Å². The summed E-state index contributed by atoms with van der Waals surface area (Å²) in [6, 6.07) is 20.6. The molecule has 0 aliphatic rings. The van der Waals surface area contributed by atoms with Gasteiger partial charge in [-0.15, -0.1) is 0 Å². The number of anilines is 1. The van der Waals surface area contributed by atoms with Crippen molar-refractivity contribution in [3.63, 3.8) is 0 Å². The smallest absolute Gasteiger partial charge is 0.272 e. The number of nitrogens with zero attached hydrogens (tertiary/aromatic N) is 2. The van der Waals surface area contributed by atoms with Gasteiger partial charge in [-0.1, -0.05) is 42.5 Å². The number of rotatable bonds is 5. The van der Waals surface area contributed by atoms with E-state index in [1.165, 1.54) is 11.6 Å². The zero-order chi connectivity index (χ0) is 22.1. The number of imidazole rings is 1. The van der Waals surface area contributed by atoms with Crippen LogP contribution in [0, 0.1) is 12.7 Å². The molecule has 6 heteroatoms. The summed E-state index contributed by atoms with van der Waals surface area (Å²) >= 11 is 0. The highest BCUT2D eigenvalue weighted by molar-refractivity contribution is 6.06. The van der Waals surface area contributed by atoms with Gasteiger partial charge >= 0.3 is 0 Å². The molecule has 5 rings (SSSR count). The Labute approximate surface area is 184 Å². The lowest BCUT2D eigenvalue weighted by atomic mass is 10.0. The van der Waals surface area contributed by atoms with Crippen LogP contribution in [0.4, 0.5) is 10.1 Å². The Balaban J connectivity index is 1.34. The summed E-state index contributed by atoms with van der Waals surface area (Å²) in [7, 11) is 0. The SMILES string of the molecule is Cc1ccc(F)c2cc(C(=O)Nc3cccc(-c4ccc(Cn5ccnc5)cc4)c3)[nH]c12. The topological polar surface area (TPSA) is 62.7 Å². The van der Waals surface area contributed by atoms with E-state index in [2.05, 4.69) is 39.6 Å². The number of nitrogens with one attached hydrogen (secondary N) is 2. The van der Waals surface area contributed by atoms with Crippen molar-refractivity contribution in [1.29, 1.82) is 0 Å². The molecule has 2 N–H and O–H groups in total. The van der Waals surface area contributed by atoms with Gasteiger partial charge in [-0.25, -0.2) is 9.37 Å². The highest BCUT2D eigenvalue weighted by Crippen LogP contribution is 2.25. The minimum atomic E-state index is -0.348. The van der Waals surface area contributed by atoms with E-state index in [9.17, 15) is 9.18 Å². The van der Waals surface area contributed by atoms with Crippen LogP contribution in [0.15, 0.2) is 85.5 Å². The number of benzene rings is 3. The van der Waals surface area contributed by atoms with Gasteiger partial charge in [0.05, 0.1) is 11.8 Å². The zero-order valence-corrected chi connectivity index (χ0v) is 17.5. The van der Waals surface area contributed by atoms with Gasteiger partial charge in [0, 0.05) is 30.0 Å². The maximum Gasteiger partial charge on any atom is 0.272 e. The summed E-state index contributed by atoms with van der Waals surface area (Å²) in [5.74, 6) is -0.660. The molecule has 0 atom stereocenters. The zero-order valence-electron chi connectivity index (χ0n) is 17.5. The second kappa shape index (κ2) is 8.15. The second-order valence-electron chi connectivity index (χ2n) is 7.80. The summed E-state index contributed by atoms with van der Waals surface area (Å²) < 4.78 is 16.1. The third kappa shape index (κ3) is 3.90. The number of fused-ring (bicyclic) bond motifs is 1. The third-order valence-corrected chi connectivity index (χ3v) is 5.53. The highest BCUT2D eigenvalue weighted by Gasteiger charge is 2.14. The van der Waals surface area contributed by atoms with Crippen LogP contribution in [0.2, 0.25) is 0 Å². The lowest BCUT2D eigenvalue weighted by molar-refractivity contribution is 0.102. The molecule has 0 radical (unpaired) electrons. The fraction of sp³-hybridized carbons (Fsp3) is 0.0769. The molecule has 0 saturated carbocycles. The van der Waals surface area contributed by atoms with Crippen LogP contribution in [0.25, 0.3) is 22.0 Å². The standard InChI is InChI=1S/C26H21FN4O/c1-17-5-10-23(27)22-14-24(30-25(17)22)26(32)29-21-4-2-3-20(13-21)19-8-6-18(7-9-19)15-31-12-11-28-16-31/h2-14,16,30H,15H2,1H3,(H,29,32). The van der Waals surface area contributed by atoms with Crippen molar-refractivity contribution >= 4 is 22.5 Å². The Morgan fingerprint density at radius 2 is 1.91 bits per heavy atom. The maximum atomic E-state index is 14.1. The van der Waals surface area contributed by atoms with Gasteiger partial charge in [-0.3, -0.25) is 4.79 Å². The highest BCUT2D eigenvalue weighted by atomic mass is 19.1. The number of carbonyl (C=O) groups is 1. The fourth-order valence-corrected chi connectivity index (χ4v) is 3.82. The van der Waals surface area contributed by atoms with Crippen LogP contribution in [0.3, 0.4) is 0 Å². The van der Waals surface area contributed by atoms with Gasteiger partial charge in [0.25, 0.3) is 5.91 Å². The predicted molar refractivity (Wildman–Crippen MR) is 124 cm³/mol. The third-order valence-electron chi connectivity index (χ3n) is 5.53. The van der Waals surface area contributed by atoms with Crippen LogP contribution in [-0.4, -0.2) is 20.4 Å². The molecule has 0 aliphatic carbocycles. The minimum Gasteiger partial charge on any atom is -0.350 e. The monoisotopic (exact) mass is 424 g/mol. The van der Waals surface area contributed by atoms with Crippen molar-refractivity contribution in [2.45, 2.75) is 13.5 Å².